The van der Waals surface area contributed by atoms with Crippen LogP contribution < -0.4 is 10.1 Å². The number of unbranched alkanes of at least 4 members (excludes halogenated alkanes) is 1. The van der Waals surface area contributed by atoms with Gasteiger partial charge in [-0.25, -0.2) is 0 Å². The number of nitrogens with one attached hydrogen (secondary N) is 1. The van der Waals surface area contributed by atoms with Crippen molar-refractivity contribution in [3.05, 3.63) is 29.8 Å². The van der Waals surface area contributed by atoms with Crippen LogP contribution in [0, 0.1) is 0 Å². The summed E-state index contributed by atoms with van der Waals surface area (Å²) in [6.07, 6.45) is 9.32. The lowest BCUT2D eigenvalue weighted by Gasteiger charge is -2.28. The van der Waals surface area contributed by atoms with Gasteiger partial charge in [0.15, 0.2) is 0 Å². The average Bonchev–Trinajstić information content (AvgIpc) is 2.78. The first-order chi connectivity index (χ1) is 14.2. The molecule has 3 rings (SSSR count). The van der Waals surface area contributed by atoms with Crippen LogP contribution in [0.1, 0.15) is 61.5 Å². The van der Waals surface area contributed by atoms with Crippen LogP contribution in [-0.4, -0.2) is 55.1 Å². The van der Waals surface area contributed by atoms with Crippen molar-refractivity contribution in [3.63, 3.8) is 0 Å². The number of nitrogens with zero attached hydrogens (tertiary/aromatic N) is 1. The summed E-state index contributed by atoms with van der Waals surface area (Å²) in [5, 5.41) is 3.82. The van der Waals surface area contributed by atoms with Gasteiger partial charge in [0.1, 0.15) is 5.75 Å². The summed E-state index contributed by atoms with van der Waals surface area (Å²) >= 11 is 4.16. The van der Waals surface area contributed by atoms with Gasteiger partial charge in [0, 0.05) is 24.8 Å². The molecule has 0 aromatic heterocycles. The number of piperidine rings is 1. The van der Waals surface area contributed by atoms with Gasteiger partial charge in [0.2, 0.25) is 5.91 Å². The van der Waals surface area contributed by atoms with E-state index in [0.717, 1.165) is 31.7 Å². The Morgan fingerprint density at radius 2 is 1.97 bits per heavy atom. The number of methoxy groups -OCH3 is 1. The highest BCUT2D eigenvalue weighted by atomic mass is 32.2. The molecule has 0 radical (unpaired) electrons. The minimum absolute atomic E-state index is 0.227. The molecule has 1 aromatic rings. The lowest BCUT2D eigenvalue weighted by atomic mass is 10.1. The van der Waals surface area contributed by atoms with E-state index in [2.05, 4.69) is 58.0 Å². The van der Waals surface area contributed by atoms with E-state index in [1.54, 1.807) is 7.11 Å². The van der Waals surface area contributed by atoms with Gasteiger partial charge in [-0.1, -0.05) is 25.0 Å². The third-order valence-electron chi connectivity index (χ3n) is 5.79. The van der Waals surface area contributed by atoms with Crippen molar-refractivity contribution >= 4 is 29.4 Å². The van der Waals surface area contributed by atoms with E-state index in [1.165, 1.54) is 56.5 Å². The van der Waals surface area contributed by atoms with Gasteiger partial charge in [-0.3, -0.25) is 4.79 Å². The number of benzene rings is 1. The van der Waals surface area contributed by atoms with E-state index in [-0.39, 0.29) is 5.91 Å². The van der Waals surface area contributed by atoms with Gasteiger partial charge >= 0.3 is 0 Å². The Kier molecular flexibility index (Phi) is 10.0. The Morgan fingerprint density at radius 3 is 2.72 bits per heavy atom. The Morgan fingerprint density at radius 1 is 1.17 bits per heavy atom. The van der Waals surface area contributed by atoms with Crippen molar-refractivity contribution in [2.45, 2.75) is 61.2 Å². The number of carbonyl (C=O) groups is 1. The molecule has 1 N–H and O–H groups in total. The normalized spacial score (nSPS) is 22.9. The number of ether oxygens (including phenoxy) is 1. The summed E-state index contributed by atoms with van der Waals surface area (Å²) in [4.78, 5) is 14.6. The maximum Gasteiger partial charge on any atom is 0.220 e. The first kappa shape index (κ1) is 22.8. The predicted molar refractivity (Wildman–Crippen MR) is 126 cm³/mol. The summed E-state index contributed by atoms with van der Waals surface area (Å²) < 4.78 is 5.79. The molecule has 0 aliphatic carbocycles. The van der Waals surface area contributed by atoms with Crippen molar-refractivity contribution in [2.24, 2.45) is 0 Å². The highest BCUT2D eigenvalue weighted by molar-refractivity contribution is 8.17. The molecule has 1 amide bonds. The summed E-state index contributed by atoms with van der Waals surface area (Å²) in [5.41, 5.74) is 1.39. The molecule has 2 atom stereocenters. The number of thioether (sulfide) groups is 2. The number of likely N-dealkylation sites (tertiary alicyclic amines) is 1. The zero-order chi connectivity index (χ0) is 20.3. The fourth-order valence-electron chi connectivity index (χ4n) is 4.02. The molecule has 4 nitrogen and oxygen atoms in total. The van der Waals surface area contributed by atoms with E-state index < -0.39 is 0 Å². The number of hydrogen-bond donors (Lipinski definition) is 1. The monoisotopic (exact) mass is 436 g/mol. The minimum atomic E-state index is 0.227. The highest BCUT2D eigenvalue weighted by Gasteiger charge is 2.24. The van der Waals surface area contributed by atoms with Crippen LogP contribution in [-0.2, 0) is 4.79 Å². The number of rotatable bonds is 10. The van der Waals surface area contributed by atoms with Gasteiger partial charge in [0.05, 0.1) is 11.7 Å². The molecule has 0 spiro atoms. The molecule has 2 unspecified atom stereocenters. The summed E-state index contributed by atoms with van der Waals surface area (Å²) in [7, 11) is 1.71. The van der Waals surface area contributed by atoms with Gasteiger partial charge in [0.25, 0.3) is 0 Å². The molecule has 6 heteroatoms. The molecule has 29 heavy (non-hydrogen) atoms. The van der Waals surface area contributed by atoms with Crippen molar-refractivity contribution in [1.29, 1.82) is 0 Å². The van der Waals surface area contributed by atoms with Crippen LogP contribution in [0.3, 0.4) is 0 Å². The zero-order valence-corrected chi connectivity index (χ0v) is 19.4. The molecule has 2 aliphatic rings. The molecule has 2 saturated heterocycles. The molecule has 2 fully saturated rings. The molecule has 0 saturated carbocycles. The SMILES string of the molecule is COc1ccc(C2SCCC(CCCCC(=O)NCCN3CCCCC3)S2)cc1. The fourth-order valence-corrected chi connectivity index (χ4v) is 7.45. The number of hydrogen-bond acceptors (Lipinski definition) is 5. The summed E-state index contributed by atoms with van der Waals surface area (Å²) in [5.74, 6) is 2.38. The molecule has 2 aliphatic heterocycles. The Bertz CT molecular complexity index is 605. The van der Waals surface area contributed by atoms with E-state index in [1.807, 2.05) is 0 Å². The predicted octanol–water partition coefficient (Wildman–Crippen LogP) is 5.10. The van der Waals surface area contributed by atoms with Crippen LogP contribution in [0.15, 0.2) is 24.3 Å². The average molecular weight is 437 g/mol. The van der Waals surface area contributed by atoms with Crippen LogP contribution in [0.2, 0.25) is 0 Å². The topological polar surface area (TPSA) is 41.6 Å². The second-order valence-corrected chi connectivity index (χ2v) is 10.9. The van der Waals surface area contributed by atoms with Gasteiger partial charge in [-0.15, -0.1) is 23.5 Å². The van der Waals surface area contributed by atoms with Gasteiger partial charge in [-0.2, -0.15) is 0 Å². The third-order valence-corrected chi connectivity index (χ3v) is 8.96. The Balaban J connectivity index is 1.27. The fraction of sp³-hybridized carbons (Fsp3) is 0.696. The number of carbonyl (C=O) groups excluding carboxylic acids is 1. The summed E-state index contributed by atoms with van der Waals surface area (Å²) in [6.45, 7) is 4.21. The second kappa shape index (κ2) is 12.8. The smallest absolute Gasteiger partial charge is 0.220 e. The highest BCUT2D eigenvalue weighted by Crippen LogP contribution is 2.48. The van der Waals surface area contributed by atoms with Crippen molar-refractivity contribution in [2.75, 3.05) is 39.0 Å². The Hall–Kier alpha value is -0.850. The third kappa shape index (κ3) is 8.06. The Labute approximate surface area is 184 Å². The van der Waals surface area contributed by atoms with Crippen LogP contribution in [0.25, 0.3) is 0 Å². The standard InChI is InChI=1S/C23H36N2O2S2/c1-27-20-11-9-19(10-12-20)23-28-18-13-21(29-23)7-3-4-8-22(26)24-14-17-25-15-5-2-6-16-25/h9-12,21,23H,2-8,13-18H2,1H3,(H,24,26). The maximum atomic E-state index is 12.1. The largest absolute Gasteiger partial charge is 0.497 e. The van der Waals surface area contributed by atoms with E-state index in [4.69, 9.17) is 4.74 Å². The van der Waals surface area contributed by atoms with Crippen LogP contribution in [0.4, 0.5) is 0 Å². The molecule has 162 valence electrons. The van der Waals surface area contributed by atoms with Crippen molar-refractivity contribution in [3.8, 4) is 5.75 Å². The number of amides is 1. The van der Waals surface area contributed by atoms with Crippen LogP contribution in [0.5, 0.6) is 5.75 Å². The first-order valence-electron chi connectivity index (χ1n) is 11.1. The summed E-state index contributed by atoms with van der Waals surface area (Å²) in [6, 6.07) is 8.51. The van der Waals surface area contributed by atoms with Crippen molar-refractivity contribution in [1.82, 2.24) is 10.2 Å². The van der Waals surface area contributed by atoms with Crippen molar-refractivity contribution < 1.29 is 9.53 Å². The lowest BCUT2D eigenvalue weighted by molar-refractivity contribution is -0.121. The lowest BCUT2D eigenvalue weighted by Crippen LogP contribution is -2.37. The second-order valence-electron chi connectivity index (χ2n) is 8.02. The minimum Gasteiger partial charge on any atom is -0.497 e. The molecular formula is C23H36N2O2S2. The zero-order valence-electron chi connectivity index (χ0n) is 17.7. The van der Waals surface area contributed by atoms with Gasteiger partial charge in [-0.05, 0) is 68.6 Å². The van der Waals surface area contributed by atoms with Crippen LogP contribution >= 0.6 is 23.5 Å². The first-order valence-corrected chi connectivity index (χ1v) is 13.1. The quantitative estimate of drug-likeness (QED) is 0.517. The molecule has 0 bridgehead atoms. The van der Waals surface area contributed by atoms with E-state index >= 15 is 0 Å². The van der Waals surface area contributed by atoms with E-state index in [0.29, 0.717) is 16.3 Å². The maximum absolute atomic E-state index is 12.1. The van der Waals surface area contributed by atoms with E-state index in [9.17, 15) is 4.79 Å². The van der Waals surface area contributed by atoms with Gasteiger partial charge < -0.3 is 15.0 Å². The molecule has 2 heterocycles. The molecular weight excluding hydrogens is 400 g/mol. The molecule has 1 aromatic carbocycles.